The molecule has 1 aromatic heterocycles. The zero-order valence-corrected chi connectivity index (χ0v) is 18.2. The monoisotopic (exact) mass is 405 g/mol. The molecule has 1 atom stereocenters. The molecule has 29 heavy (non-hydrogen) atoms. The first-order chi connectivity index (χ1) is 14.1. The number of carbonyl (C=O) groups is 1. The molecule has 3 aromatic rings. The van der Waals surface area contributed by atoms with Gasteiger partial charge in [-0.1, -0.05) is 69.7 Å². The molecular weight excluding hydrogens is 378 g/mol. The number of nitrogens with zero attached hydrogens (tertiary/aromatic N) is 3. The van der Waals surface area contributed by atoms with Crippen LogP contribution in [0, 0.1) is 11.3 Å². The van der Waals surface area contributed by atoms with E-state index in [1.54, 1.807) is 18.0 Å². The van der Waals surface area contributed by atoms with E-state index in [-0.39, 0.29) is 17.5 Å². The van der Waals surface area contributed by atoms with Gasteiger partial charge in [-0.05, 0) is 30.2 Å². The molecular formula is C24H27N3OS. The number of nitriles is 1. The molecule has 0 N–H and O–H groups in total. The van der Waals surface area contributed by atoms with Crippen molar-refractivity contribution in [2.24, 2.45) is 0 Å². The molecule has 4 nitrogen and oxygen atoms in total. The van der Waals surface area contributed by atoms with Gasteiger partial charge >= 0.3 is 0 Å². The van der Waals surface area contributed by atoms with Crippen LogP contribution in [0.25, 0.3) is 16.3 Å². The maximum Gasteiger partial charge on any atom is 0.264 e. The van der Waals surface area contributed by atoms with Crippen molar-refractivity contribution in [2.45, 2.75) is 39.7 Å². The predicted octanol–water partition coefficient (Wildman–Crippen LogP) is 6.23. The molecule has 150 valence electrons. The zero-order chi connectivity index (χ0) is 21.2. The summed E-state index contributed by atoms with van der Waals surface area (Å²) in [5.74, 6) is -0.279. The van der Waals surface area contributed by atoms with Gasteiger partial charge in [0.15, 0.2) is 0 Å². The highest BCUT2D eigenvalue weighted by molar-refractivity contribution is 7.19. The Labute approximate surface area is 177 Å². The van der Waals surface area contributed by atoms with Gasteiger partial charge in [0, 0.05) is 7.05 Å². The maximum absolute atomic E-state index is 13.0. The average Bonchev–Trinajstić information content (AvgIpc) is 3.19. The molecule has 0 bridgehead atoms. The number of likely N-dealkylation sites (N-methyl/N-ethyl adjacent to an activating group) is 1. The average molecular weight is 406 g/mol. The Morgan fingerprint density at radius 1 is 1.17 bits per heavy atom. The standard InChI is InChI=1S/C22H21N3OS.C2H6/c1-3-9-19(16-10-5-4-6-11-16)25(2)22(26)17(15-23)14-21-24-18-12-7-8-13-20(18)27-21;1-2/h4-8,10-14,19H,3,9H2,1-2H3;1-2H3/b17-14+;. The summed E-state index contributed by atoms with van der Waals surface area (Å²) in [7, 11) is 1.76. The molecule has 0 aliphatic carbocycles. The fourth-order valence-electron chi connectivity index (χ4n) is 3.08. The first-order valence-electron chi connectivity index (χ1n) is 9.93. The minimum absolute atomic E-state index is 0.0594. The van der Waals surface area contributed by atoms with Crippen LogP contribution in [0.5, 0.6) is 0 Å². The van der Waals surface area contributed by atoms with Crippen LogP contribution in [-0.4, -0.2) is 22.8 Å². The van der Waals surface area contributed by atoms with Crippen LogP contribution >= 0.6 is 11.3 Å². The molecule has 0 saturated heterocycles. The van der Waals surface area contributed by atoms with E-state index in [4.69, 9.17) is 0 Å². The molecule has 0 aliphatic heterocycles. The van der Waals surface area contributed by atoms with Gasteiger partial charge in [-0.15, -0.1) is 11.3 Å². The molecule has 1 heterocycles. The van der Waals surface area contributed by atoms with E-state index in [9.17, 15) is 10.1 Å². The van der Waals surface area contributed by atoms with Crippen molar-refractivity contribution in [1.29, 1.82) is 5.26 Å². The van der Waals surface area contributed by atoms with E-state index in [2.05, 4.69) is 18.0 Å². The van der Waals surface area contributed by atoms with Crippen molar-refractivity contribution in [3.05, 3.63) is 70.7 Å². The lowest BCUT2D eigenvalue weighted by Gasteiger charge is -2.28. The Balaban J connectivity index is 0.00000145. The van der Waals surface area contributed by atoms with Gasteiger partial charge in [-0.2, -0.15) is 5.26 Å². The van der Waals surface area contributed by atoms with E-state index >= 15 is 0 Å². The third-order valence-electron chi connectivity index (χ3n) is 4.46. The third kappa shape index (κ3) is 5.52. The number of para-hydroxylation sites is 1. The van der Waals surface area contributed by atoms with E-state index < -0.39 is 0 Å². The molecule has 1 unspecified atom stereocenters. The molecule has 5 heteroatoms. The lowest BCUT2D eigenvalue weighted by molar-refractivity contribution is -0.127. The number of benzene rings is 2. The topological polar surface area (TPSA) is 57.0 Å². The Bertz CT molecular complexity index is 969. The fraction of sp³-hybridized carbons (Fsp3) is 0.292. The van der Waals surface area contributed by atoms with E-state index in [1.807, 2.05) is 68.4 Å². The minimum atomic E-state index is -0.279. The smallest absolute Gasteiger partial charge is 0.264 e. The van der Waals surface area contributed by atoms with Gasteiger partial charge in [-0.25, -0.2) is 4.98 Å². The highest BCUT2D eigenvalue weighted by atomic mass is 32.1. The van der Waals surface area contributed by atoms with Gasteiger partial charge in [0.25, 0.3) is 5.91 Å². The minimum Gasteiger partial charge on any atom is -0.334 e. The summed E-state index contributed by atoms with van der Waals surface area (Å²) in [5, 5.41) is 10.2. The summed E-state index contributed by atoms with van der Waals surface area (Å²) < 4.78 is 1.04. The van der Waals surface area contributed by atoms with Crippen molar-refractivity contribution in [2.75, 3.05) is 7.05 Å². The first kappa shape index (κ1) is 22.3. The summed E-state index contributed by atoms with van der Waals surface area (Å²) in [6.07, 6.45) is 3.38. The number of rotatable bonds is 6. The highest BCUT2D eigenvalue weighted by Gasteiger charge is 2.24. The predicted molar refractivity (Wildman–Crippen MR) is 121 cm³/mol. The van der Waals surface area contributed by atoms with Gasteiger partial charge in [0.05, 0.1) is 16.3 Å². The second kappa shape index (κ2) is 11.1. The Morgan fingerprint density at radius 3 is 2.45 bits per heavy atom. The van der Waals surface area contributed by atoms with Crippen LogP contribution in [0.2, 0.25) is 0 Å². The molecule has 0 aliphatic rings. The SMILES string of the molecule is CC.CCCC(c1ccccc1)N(C)C(=O)/C(C#N)=C/c1nc2ccccc2s1. The molecule has 0 spiro atoms. The fourth-order valence-corrected chi connectivity index (χ4v) is 3.99. The Kier molecular flexibility index (Phi) is 8.57. The van der Waals surface area contributed by atoms with Crippen LogP contribution in [0.1, 0.15) is 50.2 Å². The van der Waals surface area contributed by atoms with Gasteiger partial charge in [-0.3, -0.25) is 4.79 Å². The van der Waals surface area contributed by atoms with Crippen molar-refractivity contribution in [3.8, 4) is 6.07 Å². The quantitative estimate of drug-likeness (QED) is 0.361. The van der Waals surface area contributed by atoms with Gasteiger partial charge in [0.1, 0.15) is 16.6 Å². The molecule has 0 saturated carbocycles. The highest BCUT2D eigenvalue weighted by Crippen LogP contribution is 2.27. The number of hydrogen-bond donors (Lipinski definition) is 0. The van der Waals surface area contributed by atoms with Crippen molar-refractivity contribution < 1.29 is 4.79 Å². The summed E-state index contributed by atoms with van der Waals surface area (Å²) in [4.78, 5) is 19.2. The van der Waals surface area contributed by atoms with Crippen LogP contribution < -0.4 is 0 Å². The molecule has 0 fully saturated rings. The number of aromatic nitrogens is 1. The van der Waals surface area contributed by atoms with Crippen LogP contribution in [0.4, 0.5) is 0 Å². The summed E-state index contributed by atoms with van der Waals surface area (Å²) in [5.41, 5.74) is 2.06. The normalized spacial score (nSPS) is 11.9. The number of carbonyl (C=O) groups excluding carboxylic acids is 1. The molecule has 2 aromatic carbocycles. The van der Waals surface area contributed by atoms with Crippen molar-refractivity contribution in [1.82, 2.24) is 9.88 Å². The van der Waals surface area contributed by atoms with Crippen LogP contribution in [-0.2, 0) is 4.79 Å². The maximum atomic E-state index is 13.0. The first-order valence-corrected chi connectivity index (χ1v) is 10.7. The number of thiazole rings is 1. The van der Waals surface area contributed by atoms with Gasteiger partial charge in [0.2, 0.25) is 0 Å². The van der Waals surface area contributed by atoms with Crippen LogP contribution in [0.3, 0.4) is 0 Å². The third-order valence-corrected chi connectivity index (χ3v) is 5.45. The van der Waals surface area contributed by atoms with Crippen LogP contribution in [0.15, 0.2) is 60.2 Å². The second-order valence-corrected chi connectivity index (χ2v) is 7.38. The molecule has 3 rings (SSSR count). The molecule has 1 amide bonds. The lowest BCUT2D eigenvalue weighted by Crippen LogP contribution is -2.32. The van der Waals surface area contributed by atoms with Gasteiger partial charge < -0.3 is 4.90 Å². The van der Waals surface area contributed by atoms with E-state index in [0.29, 0.717) is 5.01 Å². The summed E-state index contributed by atoms with van der Waals surface area (Å²) in [6.45, 7) is 6.09. The van der Waals surface area contributed by atoms with E-state index in [1.165, 1.54) is 11.3 Å². The summed E-state index contributed by atoms with van der Waals surface area (Å²) >= 11 is 1.48. The number of hydrogen-bond acceptors (Lipinski definition) is 4. The number of amides is 1. The Hall–Kier alpha value is -2.97. The molecule has 0 radical (unpaired) electrons. The summed E-state index contributed by atoms with van der Waals surface area (Å²) in [6, 6.07) is 19.7. The second-order valence-electron chi connectivity index (χ2n) is 6.32. The van der Waals surface area contributed by atoms with E-state index in [0.717, 1.165) is 28.6 Å². The van der Waals surface area contributed by atoms with Crippen molar-refractivity contribution >= 4 is 33.5 Å². The Morgan fingerprint density at radius 2 is 1.83 bits per heavy atom. The lowest BCUT2D eigenvalue weighted by atomic mass is 10.0. The van der Waals surface area contributed by atoms with Crippen molar-refractivity contribution in [3.63, 3.8) is 0 Å². The number of fused-ring (bicyclic) bond motifs is 1. The largest absolute Gasteiger partial charge is 0.334 e. The zero-order valence-electron chi connectivity index (χ0n) is 17.4.